The Morgan fingerprint density at radius 3 is 2.39 bits per heavy atom. The molecule has 1 atom stereocenters. The number of benzene rings is 2. The van der Waals surface area contributed by atoms with Gasteiger partial charge in [-0.2, -0.15) is 0 Å². The van der Waals surface area contributed by atoms with Gasteiger partial charge < -0.3 is 5.32 Å². The molecule has 0 fully saturated rings. The molecule has 0 spiro atoms. The second kappa shape index (κ2) is 6.01. The number of rotatable bonds is 5. The number of fused-ring (bicyclic) bond motifs is 1. The molecule has 2 aromatic carbocycles. The predicted octanol–water partition coefficient (Wildman–Crippen LogP) is 4.60. The van der Waals surface area contributed by atoms with E-state index in [-0.39, 0.29) is 0 Å². The minimum Gasteiger partial charge on any atom is -0.310 e. The minimum atomic E-state index is 0.477. The van der Waals surface area contributed by atoms with E-state index in [1.165, 1.54) is 34.7 Å². The SMILES string of the molecule is CCCC(NCC)c1ccc(C)c2ccccc12. The van der Waals surface area contributed by atoms with Gasteiger partial charge in [0.2, 0.25) is 0 Å². The Bertz CT molecular complexity index is 510. The number of hydrogen-bond donors (Lipinski definition) is 1. The molecule has 18 heavy (non-hydrogen) atoms. The normalized spacial score (nSPS) is 12.8. The lowest BCUT2D eigenvalue weighted by atomic mass is 9.93. The van der Waals surface area contributed by atoms with E-state index in [2.05, 4.69) is 62.5 Å². The third kappa shape index (κ3) is 2.56. The van der Waals surface area contributed by atoms with Gasteiger partial charge in [-0.3, -0.25) is 0 Å². The molecule has 1 N–H and O–H groups in total. The molecule has 96 valence electrons. The van der Waals surface area contributed by atoms with Crippen LogP contribution < -0.4 is 5.32 Å². The molecule has 0 bridgehead atoms. The molecular formula is C17H23N. The Morgan fingerprint density at radius 1 is 1.00 bits per heavy atom. The highest BCUT2D eigenvalue weighted by Crippen LogP contribution is 2.29. The first kappa shape index (κ1) is 13.1. The van der Waals surface area contributed by atoms with Gasteiger partial charge in [-0.05, 0) is 41.8 Å². The monoisotopic (exact) mass is 241 g/mol. The minimum absolute atomic E-state index is 0.477. The predicted molar refractivity (Wildman–Crippen MR) is 80.0 cm³/mol. The van der Waals surface area contributed by atoms with Crippen molar-refractivity contribution in [2.24, 2.45) is 0 Å². The molecule has 0 aliphatic heterocycles. The summed E-state index contributed by atoms with van der Waals surface area (Å²) in [5, 5.41) is 6.39. The zero-order chi connectivity index (χ0) is 13.0. The van der Waals surface area contributed by atoms with Gasteiger partial charge in [-0.1, -0.05) is 56.7 Å². The van der Waals surface area contributed by atoms with Gasteiger partial charge in [0.15, 0.2) is 0 Å². The van der Waals surface area contributed by atoms with Crippen molar-refractivity contribution in [1.82, 2.24) is 5.32 Å². The Morgan fingerprint density at radius 2 is 1.72 bits per heavy atom. The molecule has 0 saturated carbocycles. The van der Waals surface area contributed by atoms with Gasteiger partial charge >= 0.3 is 0 Å². The fourth-order valence-corrected chi connectivity index (χ4v) is 2.68. The van der Waals surface area contributed by atoms with Crippen LogP contribution in [-0.4, -0.2) is 6.54 Å². The molecule has 0 aliphatic carbocycles. The molecule has 0 aliphatic rings. The molecule has 1 unspecified atom stereocenters. The highest BCUT2D eigenvalue weighted by atomic mass is 14.9. The topological polar surface area (TPSA) is 12.0 Å². The van der Waals surface area contributed by atoms with Crippen LogP contribution in [0.4, 0.5) is 0 Å². The van der Waals surface area contributed by atoms with Crippen LogP contribution in [0.15, 0.2) is 36.4 Å². The maximum atomic E-state index is 3.61. The smallest absolute Gasteiger partial charge is 0.0326 e. The van der Waals surface area contributed by atoms with Crippen molar-refractivity contribution in [3.63, 3.8) is 0 Å². The van der Waals surface area contributed by atoms with Gasteiger partial charge in [-0.25, -0.2) is 0 Å². The van der Waals surface area contributed by atoms with E-state index in [4.69, 9.17) is 0 Å². The van der Waals surface area contributed by atoms with Crippen LogP contribution in [0.1, 0.15) is 43.9 Å². The van der Waals surface area contributed by atoms with Gasteiger partial charge in [-0.15, -0.1) is 0 Å². The Labute approximate surface area is 110 Å². The van der Waals surface area contributed by atoms with Crippen molar-refractivity contribution in [3.05, 3.63) is 47.5 Å². The highest BCUT2D eigenvalue weighted by molar-refractivity contribution is 5.88. The molecule has 0 heterocycles. The molecular weight excluding hydrogens is 218 g/mol. The number of nitrogens with one attached hydrogen (secondary N) is 1. The molecule has 1 nitrogen and oxygen atoms in total. The summed E-state index contributed by atoms with van der Waals surface area (Å²) < 4.78 is 0. The van der Waals surface area contributed by atoms with Crippen molar-refractivity contribution < 1.29 is 0 Å². The van der Waals surface area contributed by atoms with E-state index >= 15 is 0 Å². The Hall–Kier alpha value is -1.34. The van der Waals surface area contributed by atoms with E-state index in [0.717, 1.165) is 6.54 Å². The Kier molecular flexibility index (Phi) is 4.38. The first-order valence-electron chi connectivity index (χ1n) is 6.99. The standard InChI is InChI=1S/C17H23N/c1-4-8-17(18-5-2)16-12-11-13(3)14-9-6-7-10-15(14)16/h6-7,9-12,17-18H,4-5,8H2,1-3H3. The third-order valence-corrected chi connectivity index (χ3v) is 3.58. The summed E-state index contributed by atoms with van der Waals surface area (Å²) >= 11 is 0. The van der Waals surface area contributed by atoms with Crippen LogP contribution in [0.5, 0.6) is 0 Å². The van der Waals surface area contributed by atoms with Crippen LogP contribution in [0.25, 0.3) is 10.8 Å². The zero-order valence-electron chi connectivity index (χ0n) is 11.7. The van der Waals surface area contributed by atoms with Gasteiger partial charge in [0.05, 0.1) is 0 Å². The molecule has 0 radical (unpaired) electrons. The summed E-state index contributed by atoms with van der Waals surface area (Å²) in [7, 11) is 0. The van der Waals surface area contributed by atoms with Gasteiger partial charge in [0.25, 0.3) is 0 Å². The fraction of sp³-hybridized carbons (Fsp3) is 0.412. The van der Waals surface area contributed by atoms with Crippen LogP contribution >= 0.6 is 0 Å². The maximum Gasteiger partial charge on any atom is 0.0326 e. The highest BCUT2D eigenvalue weighted by Gasteiger charge is 2.12. The molecule has 0 amide bonds. The molecule has 0 aromatic heterocycles. The fourth-order valence-electron chi connectivity index (χ4n) is 2.68. The number of hydrogen-bond acceptors (Lipinski definition) is 1. The molecule has 0 saturated heterocycles. The average Bonchev–Trinajstić information content (AvgIpc) is 2.39. The third-order valence-electron chi connectivity index (χ3n) is 3.58. The van der Waals surface area contributed by atoms with Crippen molar-refractivity contribution in [3.8, 4) is 0 Å². The zero-order valence-corrected chi connectivity index (χ0v) is 11.7. The lowest BCUT2D eigenvalue weighted by molar-refractivity contribution is 0.512. The first-order valence-corrected chi connectivity index (χ1v) is 6.99. The summed E-state index contributed by atoms with van der Waals surface area (Å²) in [4.78, 5) is 0. The van der Waals surface area contributed by atoms with Gasteiger partial charge in [0, 0.05) is 6.04 Å². The van der Waals surface area contributed by atoms with E-state index in [1.807, 2.05) is 0 Å². The Balaban J connectivity index is 2.52. The lowest BCUT2D eigenvalue weighted by Gasteiger charge is -2.20. The lowest BCUT2D eigenvalue weighted by Crippen LogP contribution is -2.21. The van der Waals surface area contributed by atoms with Crippen LogP contribution in [0, 0.1) is 6.92 Å². The molecule has 2 aromatic rings. The summed E-state index contributed by atoms with van der Waals surface area (Å²) in [6, 6.07) is 13.8. The van der Waals surface area contributed by atoms with E-state index in [1.54, 1.807) is 0 Å². The average molecular weight is 241 g/mol. The maximum absolute atomic E-state index is 3.61. The quantitative estimate of drug-likeness (QED) is 0.806. The van der Waals surface area contributed by atoms with E-state index < -0.39 is 0 Å². The van der Waals surface area contributed by atoms with Crippen molar-refractivity contribution in [2.45, 2.75) is 39.7 Å². The summed E-state index contributed by atoms with van der Waals surface area (Å²) in [5.74, 6) is 0. The van der Waals surface area contributed by atoms with Crippen molar-refractivity contribution in [1.29, 1.82) is 0 Å². The summed E-state index contributed by atoms with van der Waals surface area (Å²) in [5.41, 5.74) is 2.81. The second-order valence-corrected chi connectivity index (χ2v) is 4.92. The second-order valence-electron chi connectivity index (χ2n) is 4.92. The van der Waals surface area contributed by atoms with Gasteiger partial charge in [0.1, 0.15) is 0 Å². The summed E-state index contributed by atoms with van der Waals surface area (Å²) in [6.45, 7) is 7.64. The van der Waals surface area contributed by atoms with E-state index in [9.17, 15) is 0 Å². The van der Waals surface area contributed by atoms with Crippen LogP contribution in [-0.2, 0) is 0 Å². The van der Waals surface area contributed by atoms with Crippen LogP contribution in [0.3, 0.4) is 0 Å². The van der Waals surface area contributed by atoms with Crippen molar-refractivity contribution in [2.75, 3.05) is 6.54 Å². The van der Waals surface area contributed by atoms with E-state index in [0.29, 0.717) is 6.04 Å². The first-order chi connectivity index (χ1) is 8.77. The van der Waals surface area contributed by atoms with Crippen LogP contribution in [0.2, 0.25) is 0 Å². The van der Waals surface area contributed by atoms with Crippen molar-refractivity contribution >= 4 is 10.8 Å². The molecule has 1 heteroatoms. The number of aryl methyl sites for hydroxylation is 1. The molecule has 2 rings (SSSR count). The largest absolute Gasteiger partial charge is 0.310 e. The summed E-state index contributed by atoms with van der Waals surface area (Å²) in [6.07, 6.45) is 2.40.